The molecule has 0 heterocycles. The molecule has 0 aromatic heterocycles. The molecular weight excluding hydrogens is 300 g/mol. The Balaban J connectivity index is 2.66. The molecule has 0 atom stereocenters. The molecular formula is C12H18N2O2S3. The Kier molecular flexibility index (Phi) is 6.78. The van der Waals surface area contributed by atoms with Crippen LogP contribution in [-0.2, 0) is 10.0 Å². The Hall–Kier alpha value is -0.630. The summed E-state index contributed by atoms with van der Waals surface area (Å²) in [6.45, 7) is 0.445. The summed E-state index contributed by atoms with van der Waals surface area (Å²) in [5.74, 6) is 1.04. The van der Waals surface area contributed by atoms with Gasteiger partial charge < -0.3 is 5.73 Å². The highest BCUT2D eigenvalue weighted by Crippen LogP contribution is 2.11. The molecule has 106 valence electrons. The fourth-order valence-corrected chi connectivity index (χ4v) is 3.22. The molecule has 19 heavy (non-hydrogen) atoms. The number of unbranched alkanes of at least 4 members (excludes halogenated alkanes) is 1. The van der Waals surface area contributed by atoms with Crippen molar-refractivity contribution in [2.24, 2.45) is 5.73 Å². The molecule has 1 aromatic carbocycles. The van der Waals surface area contributed by atoms with Gasteiger partial charge in [0.15, 0.2) is 0 Å². The van der Waals surface area contributed by atoms with E-state index in [1.54, 1.807) is 23.9 Å². The summed E-state index contributed by atoms with van der Waals surface area (Å²) < 4.78 is 26.7. The Morgan fingerprint density at radius 3 is 2.79 bits per heavy atom. The summed E-state index contributed by atoms with van der Waals surface area (Å²) in [4.78, 5) is 0.389. The zero-order chi connectivity index (χ0) is 14.3. The van der Waals surface area contributed by atoms with Crippen molar-refractivity contribution in [1.82, 2.24) is 4.72 Å². The van der Waals surface area contributed by atoms with Gasteiger partial charge in [0.2, 0.25) is 10.0 Å². The third kappa shape index (κ3) is 5.48. The first kappa shape index (κ1) is 16.4. The van der Waals surface area contributed by atoms with Crippen LogP contribution in [0.1, 0.15) is 18.4 Å². The van der Waals surface area contributed by atoms with Crippen LogP contribution in [0.25, 0.3) is 0 Å². The largest absolute Gasteiger partial charge is 0.389 e. The summed E-state index contributed by atoms with van der Waals surface area (Å²) in [6.07, 6.45) is 3.86. The SMILES string of the molecule is CSCCCCNS(=O)(=O)c1cccc(C(N)=S)c1. The van der Waals surface area contributed by atoms with Crippen LogP contribution in [0.2, 0.25) is 0 Å². The predicted octanol–water partition coefficient (Wildman–Crippen LogP) is 1.74. The second kappa shape index (κ2) is 7.84. The molecule has 0 aliphatic rings. The summed E-state index contributed by atoms with van der Waals surface area (Å²) in [6, 6.07) is 6.36. The minimum absolute atomic E-state index is 0.192. The van der Waals surface area contributed by atoms with Gasteiger partial charge in [0.1, 0.15) is 4.99 Å². The number of thioether (sulfide) groups is 1. The highest BCUT2D eigenvalue weighted by Gasteiger charge is 2.13. The van der Waals surface area contributed by atoms with E-state index in [1.165, 1.54) is 12.1 Å². The van der Waals surface area contributed by atoms with Crippen molar-refractivity contribution >= 4 is 39.0 Å². The molecule has 0 fully saturated rings. The van der Waals surface area contributed by atoms with Crippen molar-refractivity contribution in [2.75, 3.05) is 18.6 Å². The maximum absolute atomic E-state index is 12.0. The fourth-order valence-electron chi connectivity index (χ4n) is 1.48. The first-order chi connectivity index (χ1) is 8.97. The van der Waals surface area contributed by atoms with Gasteiger partial charge in [0, 0.05) is 12.1 Å². The molecule has 0 radical (unpaired) electrons. The predicted molar refractivity (Wildman–Crippen MR) is 85.1 cm³/mol. The van der Waals surface area contributed by atoms with E-state index in [2.05, 4.69) is 4.72 Å². The van der Waals surface area contributed by atoms with Crippen molar-refractivity contribution in [3.63, 3.8) is 0 Å². The van der Waals surface area contributed by atoms with E-state index in [-0.39, 0.29) is 9.88 Å². The van der Waals surface area contributed by atoms with Gasteiger partial charge in [0.25, 0.3) is 0 Å². The summed E-state index contributed by atoms with van der Waals surface area (Å²) in [5, 5.41) is 0. The number of thiocarbonyl (C=S) groups is 1. The fraction of sp³-hybridized carbons (Fsp3) is 0.417. The first-order valence-corrected chi connectivity index (χ1v) is 9.14. The lowest BCUT2D eigenvalue weighted by atomic mass is 10.2. The van der Waals surface area contributed by atoms with E-state index in [0.29, 0.717) is 12.1 Å². The minimum Gasteiger partial charge on any atom is -0.389 e. The van der Waals surface area contributed by atoms with Crippen LogP contribution < -0.4 is 10.5 Å². The first-order valence-electron chi connectivity index (χ1n) is 5.86. The Labute approximate surface area is 124 Å². The summed E-state index contributed by atoms with van der Waals surface area (Å²) in [7, 11) is -3.48. The molecule has 7 heteroatoms. The average molecular weight is 318 g/mol. The zero-order valence-electron chi connectivity index (χ0n) is 10.8. The molecule has 4 nitrogen and oxygen atoms in total. The second-order valence-electron chi connectivity index (χ2n) is 3.99. The molecule has 0 amide bonds. The molecule has 0 unspecified atom stereocenters. The van der Waals surface area contributed by atoms with Gasteiger partial charge >= 0.3 is 0 Å². The number of benzene rings is 1. The van der Waals surface area contributed by atoms with Crippen LogP contribution in [0.3, 0.4) is 0 Å². The maximum Gasteiger partial charge on any atom is 0.240 e. The van der Waals surface area contributed by atoms with Crippen molar-refractivity contribution in [3.05, 3.63) is 29.8 Å². The van der Waals surface area contributed by atoms with Crippen LogP contribution >= 0.6 is 24.0 Å². The average Bonchev–Trinajstić information content (AvgIpc) is 2.38. The monoisotopic (exact) mass is 318 g/mol. The standard InChI is InChI=1S/C12H18N2O2S3/c1-18-8-3-2-7-14-19(15,16)11-6-4-5-10(9-11)12(13)17/h4-6,9,14H,2-3,7-8H2,1H3,(H2,13,17). The van der Waals surface area contributed by atoms with E-state index >= 15 is 0 Å². The van der Waals surface area contributed by atoms with Gasteiger partial charge in [-0.3, -0.25) is 0 Å². The van der Waals surface area contributed by atoms with Gasteiger partial charge in [-0.2, -0.15) is 11.8 Å². The van der Waals surface area contributed by atoms with E-state index in [0.717, 1.165) is 18.6 Å². The lowest BCUT2D eigenvalue weighted by Gasteiger charge is -2.07. The van der Waals surface area contributed by atoms with Crippen LogP contribution in [0.5, 0.6) is 0 Å². The van der Waals surface area contributed by atoms with Gasteiger partial charge in [-0.25, -0.2) is 13.1 Å². The molecule has 0 aliphatic heterocycles. The molecule has 0 aliphatic carbocycles. The molecule has 0 spiro atoms. The maximum atomic E-state index is 12.0. The third-order valence-electron chi connectivity index (χ3n) is 2.50. The lowest BCUT2D eigenvalue weighted by molar-refractivity contribution is 0.578. The highest BCUT2D eigenvalue weighted by molar-refractivity contribution is 7.98. The zero-order valence-corrected chi connectivity index (χ0v) is 13.2. The number of nitrogens with two attached hydrogens (primary N) is 1. The molecule has 0 saturated carbocycles. The topological polar surface area (TPSA) is 72.2 Å². The van der Waals surface area contributed by atoms with E-state index in [1.807, 2.05) is 6.26 Å². The van der Waals surface area contributed by atoms with Crippen molar-refractivity contribution in [2.45, 2.75) is 17.7 Å². The lowest BCUT2D eigenvalue weighted by Crippen LogP contribution is -2.25. The van der Waals surface area contributed by atoms with Crippen LogP contribution in [-0.4, -0.2) is 32.0 Å². The summed E-state index contributed by atoms with van der Waals surface area (Å²) >= 11 is 6.60. The second-order valence-corrected chi connectivity index (χ2v) is 7.18. The minimum atomic E-state index is -3.48. The number of rotatable bonds is 8. The Morgan fingerprint density at radius 1 is 1.42 bits per heavy atom. The highest BCUT2D eigenvalue weighted by atomic mass is 32.2. The molecule has 0 saturated heterocycles. The summed E-state index contributed by atoms with van der Waals surface area (Å²) in [5.41, 5.74) is 6.05. The number of nitrogens with one attached hydrogen (secondary N) is 1. The molecule has 0 bridgehead atoms. The Bertz CT molecular complexity index is 530. The van der Waals surface area contributed by atoms with Gasteiger partial charge in [-0.05, 0) is 37.0 Å². The smallest absolute Gasteiger partial charge is 0.240 e. The molecule has 1 aromatic rings. The number of sulfonamides is 1. The quantitative estimate of drug-likeness (QED) is 0.564. The molecule has 1 rings (SSSR count). The van der Waals surface area contributed by atoms with Crippen LogP contribution in [0.15, 0.2) is 29.2 Å². The normalized spacial score (nSPS) is 11.4. The molecule has 3 N–H and O–H groups in total. The van der Waals surface area contributed by atoms with Crippen LogP contribution in [0.4, 0.5) is 0 Å². The van der Waals surface area contributed by atoms with Gasteiger partial charge in [-0.1, -0.05) is 24.4 Å². The number of hydrogen-bond acceptors (Lipinski definition) is 4. The van der Waals surface area contributed by atoms with Gasteiger partial charge in [-0.15, -0.1) is 0 Å². The van der Waals surface area contributed by atoms with Crippen molar-refractivity contribution in [1.29, 1.82) is 0 Å². The van der Waals surface area contributed by atoms with E-state index in [9.17, 15) is 8.42 Å². The number of hydrogen-bond donors (Lipinski definition) is 2. The van der Waals surface area contributed by atoms with E-state index < -0.39 is 10.0 Å². The van der Waals surface area contributed by atoms with Crippen LogP contribution in [0, 0.1) is 0 Å². The Morgan fingerprint density at radius 2 is 2.16 bits per heavy atom. The van der Waals surface area contributed by atoms with Crippen molar-refractivity contribution in [3.8, 4) is 0 Å². The van der Waals surface area contributed by atoms with Gasteiger partial charge in [0.05, 0.1) is 4.90 Å². The third-order valence-corrected chi connectivity index (χ3v) is 4.89. The van der Waals surface area contributed by atoms with Crippen molar-refractivity contribution < 1.29 is 8.42 Å². The van der Waals surface area contributed by atoms with E-state index in [4.69, 9.17) is 18.0 Å².